The van der Waals surface area contributed by atoms with Crippen molar-refractivity contribution in [3.8, 4) is 27.9 Å². The third-order valence-electron chi connectivity index (χ3n) is 10.9. The van der Waals surface area contributed by atoms with Crippen LogP contribution in [-0.2, 0) is 0 Å². The van der Waals surface area contributed by atoms with E-state index in [1.165, 1.54) is 66.1 Å². The summed E-state index contributed by atoms with van der Waals surface area (Å²) in [6.45, 7) is 0. The summed E-state index contributed by atoms with van der Waals surface area (Å²) in [5, 5.41) is 5.11. The first-order valence-corrected chi connectivity index (χ1v) is 18.8. The summed E-state index contributed by atoms with van der Waals surface area (Å²) in [6, 6.07) is 68.5. The molecule has 0 fully saturated rings. The van der Waals surface area contributed by atoms with Gasteiger partial charge in [-0.2, -0.15) is 0 Å². The number of para-hydroxylation sites is 2. The molecule has 0 saturated heterocycles. The smallest absolute Gasteiger partial charge is 0.0547 e. The Kier molecular flexibility index (Phi) is 8.00. The lowest BCUT2D eigenvalue weighted by Gasteiger charge is -2.30. The van der Waals surface area contributed by atoms with Gasteiger partial charge in [0.05, 0.1) is 11.0 Å². The van der Waals surface area contributed by atoms with Crippen LogP contribution in [-0.4, -0.2) is 4.57 Å². The largest absolute Gasteiger partial charge is 0.310 e. The monoisotopic (exact) mass is 690 g/mol. The zero-order valence-electron chi connectivity index (χ0n) is 29.9. The molecule has 1 atom stereocenters. The summed E-state index contributed by atoms with van der Waals surface area (Å²) in [4.78, 5) is 2.42. The molecule has 2 heteroatoms. The second kappa shape index (κ2) is 13.6. The Morgan fingerprint density at radius 3 is 1.76 bits per heavy atom. The molecule has 0 saturated carbocycles. The summed E-state index contributed by atoms with van der Waals surface area (Å²) in [5.74, 6) is 0.308. The minimum atomic E-state index is 0.308. The first-order chi connectivity index (χ1) is 26.8. The van der Waals surface area contributed by atoms with Crippen molar-refractivity contribution >= 4 is 49.6 Å². The summed E-state index contributed by atoms with van der Waals surface area (Å²) < 4.78 is 2.41. The molecule has 1 aromatic heterocycles. The fraction of sp³-hybridized carbons (Fsp3) is 0.0385. The molecule has 0 bridgehead atoms. The Morgan fingerprint density at radius 2 is 1.04 bits per heavy atom. The summed E-state index contributed by atoms with van der Waals surface area (Å²) in [7, 11) is 0. The lowest BCUT2D eigenvalue weighted by Crippen LogP contribution is -2.13. The van der Waals surface area contributed by atoms with E-state index < -0.39 is 0 Å². The molecule has 1 aliphatic carbocycles. The fourth-order valence-corrected chi connectivity index (χ4v) is 8.30. The van der Waals surface area contributed by atoms with E-state index in [2.05, 4.69) is 222 Å². The molecule has 54 heavy (non-hydrogen) atoms. The SMILES string of the molecule is C1=CCC(c2ccccc2N(c2ccc(-c3ccc(-c4ccccc4)cc3)cc2)c2ccc(-n3c4ccccc4c4c5ccccc5ccc43)cc2)C=C1. The summed E-state index contributed by atoms with van der Waals surface area (Å²) in [6.07, 6.45) is 9.91. The maximum absolute atomic E-state index is 2.42. The van der Waals surface area contributed by atoms with Gasteiger partial charge in [-0.15, -0.1) is 0 Å². The van der Waals surface area contributed by atoms with Crippen LogP contribution in [0.25, 0.3) is 60.5 Å². The maximum atomic E-state index is 2.42. The number of rotatable bonds is 7. The molecule has 0 spiro atoms. The number of nitrogens with zero attached hydrogens (tertiary/aromatic N) is 2. The van der Waals surface area contributed by atoms with Crippen molar-refractivity contribution in [3.63, 3.8) is 0 Å². The van der Waals surface area contributed by atoms with Crippen molar-refractivity contribution in [1.82, 2.24) is 4.57 Å². The van der Waals surface area contributed by atoms with Crippen LogP contribution < -0.4 is 4.90 Å². The van der Waals surface area contributed by atoms with E-state index >= 15 is 0 Å². The Balaban J connectivity index is 1.07. The normalized spacial score (nSPS) is 13.9. The van der Waals surface area contributed by atoms with Crippen LogP contribution in [0.2, 0.25) is 0 Å². The van der Waals surface area contributed by atoms with Gasteiger partial charge >= 0.3 is 0 Å². The molecule has 9 aromatic rings. The van der Waals surface area contributed by atoms with Crippen LogP contribution >= 0.6 is 0 Å². The number of fused-ring (bicyclic) bond motifs is 5. The molecule has 0 radical (unpaired) electrons. The number of hydrogen-bond acceptors (Lipinski definition) is 1. The molecular formula is C52H38N2. The minimum absolute atomic E-state index is 0.308. The number of benzene rings is 8. The topological polar surface area (TPSA) is 8.17 Å². The minimum Gasteiger partial charge on any atom is -0.310 e. The number of anilines is 3. The van der Waals surface area contributed by atoms with Gasteiger partial charge in [0.2, 0.25) is 0 Å². The molecule has 256 valence electrons. The third-order valence-corrected chi connectivity index (χ3v) is 10.9. The molecule has 0 N–H and O–H groups in total. The molecule has 10 rings (SSSR count). The van der Waals surface area contributed by atoms with Gasteiger partial charge in [0, 0.05) is 39.4 Å². The lowest BCUT2D eigenvalue weighted by atomic mass is 9.90. The molecule has 2 nitrogen and oxygen atoms in total. The molecule has 0 amide bonds. The molecule has 1 unspecified atom stereocenters. The van der Waals surface area contributed by atoms with Crippen molar-refractivity contribution in [1.29, 1.82) is 0 Å². The Labute approximate surface area is 316 Å². The Bertz CT molecular complexity index is 2820. The van der Waals surface area contributed by atoms with Crippen LogP contribution in [0.1, 0.15) is 17.9 Å². The number of aromatic nitrogens is 1. The standard InChI is InChI=1S/C52H38N2/c1-3-13-37(14-4-1)38-23-25-39(26-24-38)40-27-30-43(31-28-40)53(49-21-11-9-18-46(49)41-15-5-2-6-16-41)44-32-34-45(35-33-44)54-50-22-12-10-20-48(50)52-47-19-8-7-17-42(47)29-36-51(52)54/h1-15,17-36,41H,16H2. The zero-order valence-corrected chi connectivity index (χ0v) is 29.9. The predicted octanol–water partition coefficient (Wildman–Crippen LogP) is 14.3. The van der Waals surface area contributed by atoms with Crippen molar-refractivity contribution < 1.29 is 0 Å². The van der Waals surface area contributed by atoms with Crippen LogP contribution in [0.4, 0.5) is 17.1 Å². The average Bonchev–Trinajstić information content (AvgIpc) is 3.60. The highest BCUT2D eigenvalue weighted by Gasteiger charge is 2.21. The zero-order chi connectivity index (χ0) is 35.8. The van der Waals surface area contributed by atoms with E-state index in [1.54, 1.807) is 0 Å². The molecule has 0 aliphatic heterocycles. The van der Waals surface area contributed by atoms with Crippen LogP contribution in [0.15, 0.2) is 212 Å². The van der Waals surface area contributed by atoms with Crippen LogP contribution in [0, 0.1) is 0 Å². The van der Waals surface area contributed by atoms with Gasteiger partial charge in [-0.3, -0.25) is 0 Å². The number of hydrogen-bond donors (Lipinski definition) is 0. The van der Waals surface area contributed by atoms with E-state index in [1.807, 2.05) is 0 Å². The quantitative estimate of drug-likeness (QED) is 0.162. The summed E-state index contributed by atoms with van der Waals surface area (Å²) in [5.41, 5.74) is 13.2. The van der Waals surface area contributed by atoms with Gasteiger partial charge in [-0.25, -0.2) is 0 Å². The van der Waals surface area contributed by atoms with E-state index in [0.717, 1.165) is 23.5 Å². The molecule has 1 aliphatic rings. The highest BCUT2D eigenvalue weighted by Crippen LogP contribution is 2.43. The van der Waals surface area contributed by atoms with Crippen LogP contribution in [0.5, 0.6) is 0 Å². The fourth-order valence-electron chi connectivity index (χ4n) is 8.30. The first-order valence-electron chi connectivity index (χ1n) is 18.8. The van der Waals surface area contributed by atoms with E-state index in [0.29, 0.717) is 5.92 Å². The van der Waals surface area contributed by atoms with Gasteiger partial charge in [0.15, 0.2) is 0 Å². The second-order valence-electron chi connectivity index (χ2n) is 14.1. The van der Waals surface area contributed by atoms with Gasteiger partial charge in [0.1, 0.15) is 0 Å². The molecule has 1 heterocycles. The number of allylic oxidation sites excluding steroid dienone is 4. The lowest BCUT2D eigenvalue weighted by molar-refractivity contribution is 0.852. The molecular weight excluding hydrogens is 653 g/mol. The highest BCUT2D eigenvalue weighted by atomic mass is 15.1. The van der Waals surface area contributed by atoms with E-state index in [4.69, 9.17) is 0 Å². The van der Waals surface area contributed by atoms with Crippen molar-refractivity contribution in [2.24, 2.45) is 0 Å². The Morgan fingerprint density at radius 1 is 0.444 bits per heavy atom. The summed E-state index contributed by atoms with van der Waals surface area (Å²) >= 11 is 0. The maximum Gasteiger partial charge on any atom is 0.0547 e. The Hall–Kier alpha value is -6.90. The van der Waals surface area contributed by atoms with Crippen molar-refractivity contribution in [3.05, 3.63) is 218 Å². The van der Waals surface area contributed by atoms with E-state index in [9.17, 15) is 0 Å². The third kappa shape index (κ3) is 5.60. The predicted molar refractivity (Wildman–Crippen MR) is 229 cm³/mol. The molecule has 8 aromatic carbocycles. The van der Waals surface area contributed by atoms with Crippen molar-refractivity contribution in [2.75, 3.05) is 4.90 Å². The van der Waals surface area contributed by atoms with Crippen LogP contribution in [0.3, 0.4) is 0 Å². The average molecular weight is 691 g/mol. The van der Waals surface area contributed by atoms with Gasteiger partial charge < -0.3 is 9.47 Å². The van der Waals surface area contributed by atoms with Crippen molar-refractivity contribution in [2.45, 2.75) is 12.3 Å². The first kappa shape index (κ1) is 31.8. The van der Waals surface area contributed by atoms with Gasteiger partial charge in [-0.05, 0) is 99.6 Å². The van der Waals surface area contributed by atoms with Gasteiger partial charge in [0.25, 0.3) is 0 Å². The second-order valence-corrected chi connectivity index (χ2v) is 14.1. The van der Waals surface area contributed by atoms with E-state index in [-0.39, 0.29) is 0 Å². The van der Waals surface area contributed by atoms with Gasteiger partial charge in [-0.1, -0.05) is 158 Å². The highest BCUT2D eigenvalue weighted by molar-refractivity contribution is 6.21.